The fourth-order valence-corrected chi connectivity index (χ4v) is 9.40. The van der Waals surface area contributed by atoms with Gasteiger partial charge in [-0.1, -0.05) is 125 Å². The molecule has 0 aliphatic heterocycles. The molecule has 6 heteroatoms. The van der Waals surface area contributed by atoms with Crippen LogP contribution in [0.25, 0.3) is 33.4 Å². The molecule has 0 spiro atoms. The maximum Gasteiger partial charge on any atom is 0.113 e. The molecule has 1 atom stereocenters. The van der Waals surface area contributed by atoms with Crippen LogP contribution < -0.4 is 34.5 Å². The summed E-state index contributed by atoms with van der Waals surface area (Å²) in [5.74, 6) is 0. The Morgan fingerprint density at radius 2 is 0.766 bits per heavy atom. The second-order valence-electron chi connectivity index (χ2n) is 12.0. The molecule has 0 saturated heterocycles. The Balaban J connectivity index is 0.000000807. The average Bonchev–Trinajstić information content (AvgIpc) is 3.05. The summed E-state index contributed by atoms with van der Waals surface area (Å²) in [5.41, 5.74) is 12.7. The van der Waals surface area contributed by atoms with Crippen LogP contribution in [0, 0.1) is 37.9 Å². The molecule has 4 nitrogen and oxygen atoms in total. The van der Waals surface area contributed by atoms with Gasteiger partial charge in [0.25, 0.3) is 0 Å². The summed E-state index contributed by atoms with van der Waals surface area (Å²) in [6.07, 6.45) is 0. The summed E-state index contributed by atoms with van der Waals surface area (Å²) in [6.45, 7) is 11.2. The molecule has 0 heterocycles. The highest BCUT2D eigenvalue weighted by atomic mass is 35.7. The molecular formula is C41H38ClO4P. The third kappa shape index (κ3) is 8.06. The molecule has 0 aromatic heterocycles. The second-order valence-corrected chi connectivity index (χ2v) is 16.3. The van der Waals surface area contributed by atoms with Gasteiger partial charge in [0.2, 0.25) is 0 Å². The summed E-state index contributed by atoms with van der Waals surface area (Å²) in [7, 11) is -6.98. The molecule has 6 aromatic carbocycles. The molecule has 0 aliphatic rings. The first-order chi connectivity index (χ1) is 22.3. The van der Waals surface area contributed by atoms with E-state index in [1.54, 1.807) is 0 Å². The van der Waals surface area contributed by atoms with Gasteiger partial charge in [-0.2, -0.15) is 0 Å². The third-order valence-electron chi connectivity index (χ3n) is 8.53. The van der Waals surface area contributed by atoms with E-state index in [2.05, 4.69) is 174 Å². The first-order valence-electron chi connectivity index (χ1n) is 15.3. The first kappa shape index (κ1) is 34.2. The lowest BCUT2D eigenvalue weighted by atomic mass is 9.87. The zero-order chi connectivity index (χ0) is 33.8. The van der Waals surface area contributed by atoms with Crippen molar-refractivity contribution in [3.05, 3.63) is 162 Å². The van der Waals surface area contributed by atoms with E-state index in [-0.39, 0.29) is 0 Å². The van der Waals surface area contributed by atoms with E-state index in [0.717, 1.165) is 0 Å². The second kappa shape index (κ2) is 14.3. The van der Waals surface area contributed by atoms with E-state index < -0.39 is 17.5 Å². The quantitative estimate of drug-likeness (QED) is 0.233. The highest BCUT2D eigenvalue weighted by Gasteiger charge is 2.43. The average molecular weight is 661 g/mol. The summed E-state index contributed by atoms with van der Waals surface area (Å²) >= 11 is 0. The lowest BCUT2D eigenvalue weighted by molar-refractivity contribution is -2.00. The maximum atomic E-state index is 8.49. The Morgan fingerprint density at radius 3 is 1.21 bits per heavy atom. The molecule has 0 bridgehead atoms. The minimum absolute atomic E-state index is 1.24. The van der Waals surface area contributed by atoms with Crippen LogP contribution in [-0.2, 0) is 0 Å². The largest absolute Gasteiger partial charge is 0.222 e. The van der Waals surface area contributed by atoms with Gasteiger partial charge in [-0.15, -0.1) is 10.2 Å². The number of hydrogen-bond donors (Lipinski definition) is 0. The topological polar surface area (TPSA) is 92.2 Å². The van der Waals surface area contributed by atoms with Crippen LogP contribution >= 0.6 is 7.26 Å². The number of rotatable bonds is 6. The van der Waals surface area contributed by atoms with Gasteiger partial charge in [-0.25, -0.2) is 18.6 Å². The zero-order valence-corrected chi connectivity index (χ0v) is 28.9. The highest BCUT2D eigenvalue weighted by Crippen LogP contribution is 2.56. The lowest BCUT2D eigenvalue weighted by Gasteiger charge is -2.28. The molecule has 0 saturated carbocycles. The molecule has 0 fully saturated rings. The predicted molar refractivity (Wildman–Crippen MR) is 186 cm³/mol. The molecule has 0 N–H and O–H groups in total. The Morgan fingerprint density at radius 1 is 0.404 bits per heavy atom. The van der Waals surface area contributed by atoms with Gasteiger partial charge in [0, 0.05) is 11.1 Å². The molecular weight excluding hydrogens is 623 g/mol. The standard InChI is InChI=1S/C41H38P.ClHO4/c1-29-11-19-33(20-12-29)38-27-28-39(42(5,36-9-7-6-8-10-36)37-25-17-32(4)18-26-37)41(35-23-15-31(3)16-24-35)40(38)34-21-13-30(2)14-22-34;2-1(3,4)5/h6-28H,1-5H3;(H,2,3,4,5)/q+1;/p-1. The highest BCUT2D eigenvalue weighted by molar-refractivity contribution is 7.95. The van der Waals surface area contributed by atoms with Crippen LogP contribution in [0.5, 0.6) is 0 Å². The van der Waals surface area contributed by atoms with E-state index in [9.17, 15) is 0 Å². The van der Waals surface area contributed by atoms with Crippen LogP contribution in [0.15, 0.2) is 140 Å². The number of aryl methyl sites for hydroxylation is 4. The Kier molecular flexibility index (Phi) is 10.4. The molecule has 0 radical (unpaired) electrons. The number of halogens is 1. The fourth-order valence-electron chi connectivity index (χ4n) is 5.97. The third-order valence-corrected chi connectivity index (χ3v) is 12.5. The van der Waals surface area contributed by atoms with Crippen molar-refractivity contribution in [1.82, 2.24) is 0 Å². The van der Waals surface area contributed by atoms with Crippen molar-refractivity contribution in [3.8, 4) is 33.4 Å². The van der Waals surface area contributed by atoms with Crippen molar-refractivity contribution < 1.29 is 28.9 Å². The van der Waals surface area contributed by atoms with Crippen molar-refractivity contribution in [1.29, 1.82) is 0 Å². The molecule has 1 unspecified atom stereocenters. The normalized spacial score (nSPS) is 12.5. The van der Waals surface area contributed by atoms with E-state index in [1.165, 1.54) is 71.5 Å². The first-order valence-corrected chi connectivity index (χ1v) is 18.8. The molecule has 6 rings (SSSR count). The molecule has 0 amide bonds. The van der Waals surface area contributed by atoms with E-state index in [0.29, 0.717) is 0 Å². The van der Waals surface area contributed by atoms with Gasteiger partial charge in [0.15, 0.2) is 0 Å². The zero-order valence-electron chi connectivity index (χ0n) is 27.2. The van der Waals surface area contributed by atoms with Crippen LogP contribution in [0.2, 0.25) is 0 Å². The van der Waals surface area contributed by atoms with Crippen LogP contribution in [0.1, 0.15) is 22.3 Å². The van der Waals surface area contributed by atoms with E-state index in [4.69, 9.17) is 18.6 Å². The van der Waals surface area contributed by atoms with Gasteiger partial charge in [-0.05, 0) is 86.3 Å². The van der Waals surface area contributed by atoms with Gasteiger partial charge in [0.05, 0.1) is 6.66 Å². The number of benzene rings is 6. The van der Waals surface area contributed by atoms with Crippen molar-refractivity contribution in [2.75, 3.05) is 6.66 Å². The summed E-state index contributed by atoms with van der Waals surface area (Å²) in [5, 5.41) is 4.19. The van der Waals surface area contributed by atoms with Crippen molar-refractivity contribution in [2.45, 2.75) is 27.7 Å². The monoisotopic (exact) mass is 660 g/mol. The van der Waals surface area contributed by atoms with Gasteiger partial charge >= 0.3 is 0 Å². The number of hydrogen-bond acceptors (Lipinski definition) is 4. The SMILES string of the molecule is Cc1ccc(-c2ccc([P+](C)(c3ccccc3)c3ccc(C)cc3)c(-c3ccc(C)cc3)c2-c2ccc(C)cc2)cc1.[O-][Cl+3]([O-])([O-])[O-]. The van der Waals surface area contributed by atoms with E-state index >= 15 is 0 Å². The minimum atomic E-state index is -4.94. The molecule has 47 heavy (non-hydrogen) atoms. The van der Waals surface area contributed by atoms with Gasteiger partial charge < -0.3 is 0 Å². The van der Waals surface area contributed by atoms with Crippen molar-refractivity contribution in [2.24, 2.45) is 0 Å². The Bertz CT molecular complexity index is 1930. The van der Waals surface area contributed by atoms with Gasteiger partial charge in [0.1, 0.15) is 23.2 Å². The Labute approximate surface area is 280 Å². The fraction of sp³-hybridized carbons (Fsp3) is 0.122. The summed E-state index contributed by atoms with van der Waals surface area (Å²) in [4.78, 5) is 0. The summed E-state index contributed by atoms with van der Waals surface area (Å²) < 4.78 is 34.0. The molecule has 0 aliphatic carbocycles. The van der Waals surface area contributed by atoms with Crippen molar-refractivity contribution >= 4 is 23.2 Å². The van der Waals surface area contributed by atoms with Crippen LogP contribution in [-0.4, -0.2) is 6.66 Å². The lowest BCUT2D eigenvalue weighted by Crippen LogP contribution is -2.68. The summed E-state index contributed by atoms with van der Waals surface area (Å²) in [6, 6.07) is 52.4. The molecule has 6 aromatic rings. The van der Waals surface area contributed by atoms with E-state index in [1.807, 2.05) is 0 Å². The van der Waals surface area contributed by atoms with Gasteiger partial charge in [-0.3, -0.25) is 0 Å². The van der Waals surface area contributed by atoms with Crippen molar-refractivity contribution in [3.63, 3.8) is 0 Å². The van der Waals surface area contributed by atoms with Crippen LogP contribution in [0.4, 0.5) is 0 Å². The molecule has 238 valence electrons. The van der Waals surface area contributed by atoms with Crippen LogP contribution in [0.3, 0.4) is 0 Å². The Hall–Kier alpha value is -4.12. The predicted octanol–water partition coefficient (Wildman–Crippen LogP) is 5.09. The smallest absolute Gasteiger partial charge is 0.113 e. The maximum absolute atomic E-state index is 8.49. The minimum Gasteiger partial charge on any atom is -0.222 e.